The Balaban J connectivity index is 2.97. The number of nitrogens with zero attached hydrogens (tertiary/aromatic N) is 1. The van der Waals surface area contributed by atoms with E-state index in [1.165, 1.54) is 6.07 Å². The molecule has 0 radical (unpaired) electrons. The Kier molecular flexibility index (Phi) is 2.88. The van der Waals surface area contributed by atoms with Crippen LogP contribution in [0.2, 0.25) is 0 Å². The van der Waals surface area contributed by atoms with Crippen molar-refractivity contribution in [3.05, 3.63) is 29.6 Å². The van der Waals surface area contributed by atoms with Crippen LogP contribution in [0.4, 0.5) is 10.1 Å². The molecule has 72 valence electrons. The summed E-state index contributed by atoms with van der Waals surface area (Å²) in [6.07, 6.45) is 0. The summed E-state index contributed by atoms with van der Waals surface area (Å²) in [7, 11) is 3.95. The van der Waals surface area contributed by atoms with E-state index in [0.717, 1.165) is 5.56 Å². The van der Waals surface area contributed by atoms with Crippen molar-refractivity contribution < 1.29 is 4.39 Å². The first-order valence-electron chi connectivity index (χ1n) is 4.23. The number of benzene rings is 1. The lowest BCUT2D eigenvalue weighted by Gasteiger charge is -2.20. The Labute approximate surface area is 78.2 Å². The summed E-state index contributed by atoms with van der Waals surface area (Å²) in [5.41, 5.74) is 6.71. The summed E-state index contributed by atoms with van der Waals surface area (Å²) in [5.74, 6) is -0.352. The van der Waals surface area contributed by atoms with Gasteiger partial charge in [-0.2, -0.15) is 0 Å². The van der Waals surface area contributed by atoms with E-state index in [1.807, 2.05) is 25.9 Å². The van der Waals surface area contributed by atoms with Crippen LogP contribution in [0.3, 0.4) is 0 Å². The van der Waals surface area contributed by atoms with Crippen molar-refractivity contribution >= 4 is 5.69 Å². The van der Waals surface area contributed by atoms with Gasteiger partial charge in [0.2, 0.25) is 0 Å². The third-order valence-electron chi connectivity index (χ3n) is 2.28. The molecule has 3 heteroatoms. The second kappa shape index (κ2) is 3.75. The molecular weight excluding hydrogens is 167 g/mol. The molecule has 1 unspecified atom stereocenters. The van der Waals surface area contributed by atoms with E-state index < -0.39 is 0 Å². The fourth-order valence-corrected chi connectivity index (χ4v) is 1.12. The van der Waals surface area contributed by atoms with Gasteiger partial charge in [-0.05, 0) is 38.7 Å². The highest BCUT2D eigenvalue weighted by Crippen LogP contribution is 2.21. The molecule has 1 atom stereocenters. The third-order valence-corrected chi connectivity index (χ3v) is 2.28. The normalized spacial score (nSPS) is 13.3. The van der Waals surface area contributed by atoms with Crippen LogP contribution < -0.4 is 5.73 Å². The molecule has 0 aliphatic carbocycles. The van der Waals surface area contributed by atoms with Gasteiger partial charge < -0.3 is 10.6 Å². The molecule has 1 aromatic carbocycles. The zero-order chi connectivity index (χ0) is 10.0. The highest BCUT2D eigenvalue weighted by atomic mass is 19.1. The van der Waals surface area contributed by atoms with E-state index in [1.54, 1.807) is 12.1 Å². The first-order chi connectivity index (χ1) is 6.02. The van der Waals surface area contributed by atoms with E-state index in [-0.39, 0.29) is 17.5 Å². The lowest BCUT2D eigenvalue weighted by molar-refractivity contribution is 0.321. The molecule has 0 aliphatic heterocycles. The Morgan fingerprint density at radius 1 is 1.38 bits per heavy atom. The number of nitrogens with two attached hydrogens (primary N) is 1. The van der Waals surface area contributed by atoms with Crippen LogP contribution in [0, 0.1) is 5.82 Å². The maximum absolute atomic E-state index is 12.8. The van der Waals surface area contributed by atoms with Crippen molar-refractivity contribution in [2.24, 2.45) is 0 Å². The standard InChI is InChI=1S/C10H15FN2/c1-7(13(2)3)8-4-5-9(11)10(12)6-8/h4-7H,12H2,1-3H3. The number of rotatable bonds is 2. The maximum atomic E-state index is 12.8. The molecule has 13 heavy (non-hydrogen) atoms. The molecule has 1 aromatic rings. The van der Waals surface area contributed by atoms with Crippen LogP contribution in [0.25, 0.3) is 0 Å². The zero-order valence-corrected chi connectivity index (χ0v) is 8.21. The molecule has 2 N–H and O–H groups in total. The van der Waals surface area contributed by atoms with Crippen molar-refractivity contribution in [1.82, 2.24) is 4.90 Å². The third kappa shape index (κ3) is 2.18. The molecule has 0 fully saturated rings. The second-order valence-electron chi connectivity index (χ2n) is 3.42. The second-order valence-corrected chi connectivity index (χ2v) is 3.42. The van der Waals surface area contributed by atoms with Gasteiger partial charge in [0.1, 0.15) is 5.82 Å². The van der Waals surface area contributed by atoms with Crippen molar-refractivity contribution in [3.8, 4) is 0 Å². The highest BCUT2D eigenvalue weighted by molar-refractivity contribution is 5.43. The SMILES string of the molecule is CC(c1ccc(F)c(N)c1)N(C)C. The Morgan fingerprint density at radius 2 is 2.00 bits per heavy atom. The van der Waals surface area contributed by atoms with Gasteiger partial charge in [-0.25, -0.2) is 4.39 Å². The van der Waals surface area contributed by atoms with Crippen LogP contribution in [0.1, 0.15) is 18.5 Å². The molecule has 2 nitrogen and oxygen atoms in total. The summed E-state index contributed by atoms with van der Waals surface area (Å²) in [4.78, 5) is 2.05. The van der Waals surface area contributed by atoms with E-state index >= 15 is 0 Å². The summed E-state index contributed by atoms with van der Waals surface area (Å²) < 4.78 is 12.8. The molecule has 0 saturated carbocycles. The van der Waals surface area contributed by atoms with Gasteiger partial charge in [0.05, 0.1) is 5.69 Å². The molecule has 1 rings (SSSR count). The van der Waals surface area contributed by atoms with Gasteiger partial charge in [0.15, 0.2) is 0 Å². The van der Waals surface area contributed by atoms with Crippen LogP contribution in [0.5, 0.6) is 0 Å². The fourth-order valence-electron chi connectivity index (χ4n) is 1.12. The van der Waals surface area contributed by atoms with Crippen molar-refractivity contribution in [1.29, 1.82) is 0 Å². The minimum atomic E-state index is -0.352. The van der Waals surface area contributed by atoms with Gasteiger partial charge in [0.25, 0.3) is 0 Å². The van der Waals surface area contributed by atoms with Gasteiger partial charge in [0, 0.05) is 6.04 Å². The van der Waals surface area contributed by atoms with Crippen molar-refractivity contribution in [3.63, 3.8) is 0 Å². The number of halogens is 1. The smallest absolute Gasteiger partial charge is 0.146 e. The molecule has 0 amide bonds. The summed E-state index contributed by atoms with van der Waals surface area (Å²) in [6, 6.07) is 5.10. The van der Waals surface area contributed by atoms with Gasteiger partial charge in [-0.3, -0.25) is 0 Å². The van der Waals surface area contributed by atoms with Gasteiger partial charge in [-0.15, -0.1) is 0 Å². The Hall–Kier alpha value is -1.09. The Bertz CT molecular complexity index is 297. The molecule has 0 spiro atoms. The quantitative estimate of drug-likeness (QED) is 0.709. The van der Waals surface area contributed by atoms with Crippen LogP contribution in [0.15, 0.2) is 18.2 Å². The summed E-state index contributed by atoms with van der Waals surface area (Å²) in [6.45, 7) is 2.05. The van der Waals surface area contributed by atoms with Gasteiger partial charge in [-0.1, -0.05) is 6.07 Å². The Morgan fingerprint density at radius 3 is 2.46 bits per heavy atom. The first kappa shape index (κ1) is 9.99. The lowest BCUT2D eigenvalue weighted by Crippen LogP contribution is -2.16. The van der Waals surface area contributed by atoms with Crippen LogP contribution in [-0.4, -0.2) is 19.0 Å². The van der Waals surface area contributed by atoms with Gasteiger partial charge >= 0.3 is 0 Å². The first-order valence-corrected chi connectivity index (χ1v) is 4.23. The molecule has 0 heterocycles. The molecular formula is C10H15FN2. The summed E-state index contributed by atoms with van der Waals surface area (Å²) in [5, 5.41) is 0. The van der Waals surface area contributed by atoms with Crippen LogP contribution >= 0.6 is 0 Å². The topological polar surface area (TPSA) is 29.3 Å². The predicted octanol–water partition coefficient (Wildman–Crippen LogP) is 2.03. The average molecular weight is 182 g/mol. The van der Waals surface area contributed by atoms with E-state index in [0.29, 0.717) is 0 Å². The fraction of sp³-hybridized carbons (Fsp3) is 0.400. The number of anilines is 1. The molecule has 0 aromatic heterocycles. The largest absolute Gasteiger partial charge is 0.396 e. The van der Waals surface area contributed by atoms with Crippen LogP contribution in [-0.2, 0) is 0 Å². The minimum Gasteiger partial charge on any atom is -0.396 e. The maximum Gasteiger partial charge on any atom is 0.146 e. The highest BCUT2D eigenvalue weighted by Gasteiger charge is 2.08. The monoisotopic (exact) mass is 182 g/mol. The number of hydrogen-bond donors (Lipinski definition) is 1. The number of nitrogen functional groups attached to an aromatic ring is 1. The number of hydrogen-bond acceptors (Lipinski definition) is 2. The summed E-state index contributed by atoms with van der Waals surface area (Å²) >= 11 is 0. The van der Waals surface area contributed by atoms with E-state index in [4.69, 9.17) is 5.73 Å². The van der Waals surface area contributed by atoms with E-state index in [2.05, 4.69) is 0 Å². The van der Waals surface area contributed by atoms with Crippen molar-refractivity contribution in [2.75, 3.05) is 19.8 Å². The molecule has 0 bridgehead atoms. The average Bonchev–Trinajstić information content (AvgIpc) is 2.08. The van der Waals surface area contributed by atoms with E-state index in [9.17, 15) is 4.39 Å². The van der Waals surface area contributed by atoms with Crippen molar-refractivity contribution in [2.45, 2.75) is 13.0 Å². The molecule has 0 aliphatic rings. The minimum absolute atomic E-state index is 0.214. The predicted molar refractivity (Wildman–Crippen MR) is 52.9 cm³/mol. The molecule has 0 saturated heterocycles. The lowest BCUT2D eigenvalue weighted by atomic mass is 10.1. The zero-order valence-electron chi connectivity index (χ0n) is 8.21.